The van der Waals surface area contributed by atoms with E-state index in [1.807, 2.05) is 0 Å². The standard InChI is InChI=1S/C14H7BrF8/c1-4-2-5(3-6(8(4)15)14(21,22)23)7-9(16)11(18)13(20)12(19)10(7)17/h2,6H,3H2,1H3. The predicted octanol–water partition coefficient (Wildman–Crippen LogP) is 6.02. The second kappa shape index (κ2) is 5.92. The summed E-state index contributed by atoms with van der Waals surface area (Å²) >= 11 is 2.75. The molecule has 0 fully saturated rings. The van der Waals surface area contributed by atoms with Crippen LogP contribution in [0.2, 0.25) is 0 Å². The van der Waals surface area contributed by atoms with Crippen molar-refractivity contribution in [2.24, 2.45) is 5.92 Å². The lowest BCUT2D eigenvalue weighted by atomic mass is 9.86. The van der Waals surface area contributed by atoms with Crippen LogP contribution in [0.4, 0.5) is 35.1 Å². The first-order valence-corrected chi connectivity index (χ1v) is 6.91. The minimum atomic E-state index is -4.75. The molecule has 1 aliphatic rings. The Morgan fingerprint density at radius 2 is 1.35 bits per heavy atom. The minimum absolute atomic E-state index is 0.0162. The van der Waals surface area contributed by atoms with Crippen molar-refractivity contribution >= 4 is 21.5 Å². The second-order valence-corrected chi connectivity index (χ2v) is 5.80. The zero-order chi connectivity index (χ0) is 17.7. The van der Waals surface area contributed by atoms with Crippen LogP contribution in [0.25, 0.3) is 5.57 Å². The van der Waals surface area contributed by atoms with Gasteiger partial charge < -0.3 is 0 Å². The van der Waals surface area contributed by atoms with Gasteiger partial charge in [-0.2, -0.15) is 13.2 Å². The zero-order valence-corrected chi connectivity index (χ0v) is 12.8. The lowest BCUT2D eigenvalue weighted by Gasteiger charge is -2.27. The van der Waals surface area contributed by atoms with Crippen molar-refractivity contribution in [3.63, 3.8) is 0 Å². The number of halogens is 9. The van der Waals surface area contributed by atoms with E-state index in [1.54, 1.807) is 0 Å². The van der Waals surface area contributed by atoms with Gasteiger partial charge in [0.25, 0.3) is 0 Å². The maximum absolute atomic E-state index is 13.8. The van der Waals surface area contributed by atoms with Crippen molar-refractivity contribution in [1.29, 1.82) is 0 Å². The molecule has 2 rings (SSSR count). The Balaban J connectivity index is 2.67. The molecular formula is C14H7BrF8. The number of hydrogen-bond acceptors (Lipinski definition) is 0. The molecule has 1 aromatic carbocycles. The van der Waals surface area contributed by atoms with E-state index in [2.05, 4.69) is 15.9 Å². The first kappa shape index (κ1) is 18.0. The Morgan fingerprint density at radius 1 is 0.913 bits per heavy atom. The molecule has 0 aliphatic heterocycles. The smallest absolute Gasteiger partial charge is 0.203 e. The molecular weight excluding hydrogens is 400 g/mol. The molecule has 0 bridgehead atoms. The van der Waals surface area contributed by atoms with Crippen LogP contribution in [-0.2, 0) is 0 Å². The molecule has 1 aromatic rings. The molecule has 0 amide bonds. The Hall–Kier alpha value is -1.38. The summed E-state index contributed by atoms with van der Waals surface area (Å²) in [7, 11) is 0. The van der Waals surface area contributed by atoms with E-state index in [0.29, 0.717) is 0 Å². The fourth-order valence-corrected chi connectivity index (χ4v) is 2.83. The van der Waals surface area contributed by atoms with Crippen molar-refractivity contribution in [3.8, 4) is 0 Å². The summed E-state index contributed by atoms with van der Waals surface area (Å²) in [6.45, 7) is 1.23. The summed E-state index contributed by atoms with van der Waals surface area (Å²) in [6.07, 6.45) is -4.73. The number of hydrogen-bond donors (Lipinski definition) is 0. The maximum atomic E-state index is 13.8. The highest BCUT2D eigenvalue weighted by atomic mass is 79.9. The topological polar surface area (TPSA) is 0 Å². The zero-order valence-electron chi connectivity index (χ0n) is 11.3. The molecule has 1 atom stereocenters. The molecule has 126 valence electrons. The molecule has 0 radical (unpaired) electrons. The van der Waals surface area contributed by atoms with Gasteiger partial charge in [-0.15, -0.1) is 0 Å². The molecule has 0 nitrogen and oxygen atoms in total. The molecule has 0 saturated heterocycles. The highest BCUT2D eigenvalue weighted by Gasteiger charge is 2.44. The molecule has 0 spiro atoms. The summed E-state index contributed by atoms with van der Waals surface area (Å²) in [4.78, 5) is 0. The van der Waals surface area contributed by atoms with Gasteiger partial charge >= 0.3 is 6.18 Å². The number of benzene rings is 1. The molecule has 23 heavy (non-hydrogen) atoms. The van der Waals surface area contributed by atoms with Gasteiger partial charge in [0.2, 0.25) is 5.82 Å². The van der Waals surface area contributed by atoms with Crippen LogP contribution in [0.15, 0.2) is 16.1 Å². The molecule has 0 aromatic heterocycles. The van der Waals surface area contributed by atoms with Gasteiger partial charge in [0.05, 0.1) is 11.5 Å². The largest absolute Gasteiger partial charge is 0.396 e. The summed E-state index contributed by atoms with van der Waals surface area (Å²) in [6, 6.07) is 0. The van der Waals surface area contributed by atoms with Crippen molar-refractivity contribution in [2.75, 3.05) is 0 Å². The van der Waals surface area contributed by atoms with Gasteiger partial charge in [0, 0.05) is 4.48 Å². The Labute approximate surface area is 133 Å². The highest BCUT2D eigenvalue weighted by molar-refractivity contribution is 9.11. The quantitative estimate of drug-likeness (QED) is 0.304. The van der Waals surface area contributed by atoms with E-state index in [-0.39, 0.29) is 10.1 Å². The molecule has 1 aliphatic carbocycles. The lowest BCUT2D eigenvalue weighted by molar-refractivity contribution is -0.160. The summed E-state index contributed by atoms with van der Waals surface area (Å²) < 4.78 is 106. The molecule has 0 heterocycles. The van der Waals surface area contributed by atoms with Crippen LogP contribution in [0.5, 0.6) is 0 Å². The molecule has 0 N–H and O–H groups in total. The van der Waals surface area contributed by atoms with Gasteiger partial charge in [0.1, 0.15) is 0 Å². The Kier molecular flexibility index (Phi) is 4.62. The lowest BCUT2D eigenvalue weighted by Crippen LogP contribution is -2.26. The monoisotopic (exact) mass is 406 g/mol. The van der Waals surface area contributed by atoms with Gasteiger partial charge in [-0.05, 0) is 24.5 Å². The van der Waals surface area contributed by atoms with E-state index >= 15 is 0 Å². The average molecular weight is 407 g/mol. The fraction of sp³-hybridized carbons (Fsp3) is 0.286. The second-order valence-electron chi connectivity index (χ2n) is 4.94. The molecule has 0 saturated carbocycles. The van der Waals surface area contributed by atoms with E-state index in [4.69, 9.17) is 0 Å². The third kappa shape index (κ3) is 3.02. The van der Waals surface area contributed by atoms with Crippen LogP contribution in [0.3, 0.4) is 0 Å². The summed E-state index contributed by atoms with van der Waals surface area (Å²) in [5, 5.41) is 0. The van der Waals surface area contributed by atoms with Gasteiger partial charge in [-0.3, -0.25) is 0 Å². The Bertz CT molecular complexity index is 700. The normalized spacial score (nSPS) is 19.2. The van der Waals surface area contributed by atoms with Crippen molar-refractivity contribution in [3.05, 3.63) is 50.8 Å². The summed E-state index contributed by atoms with van der Waals surface area (Å²) in [5.41, 5.74) is -1.96. The van der Waals surface area contributed by atoms with Crippen LogP contribution < -0.4 is 0 Å². The van der Waals surface area contributed by atoms with E-state index in [9.17, 15) is 35.1 Å². The van der Waals surface area contributed by atoms with Crippen molar-refractivity contribution < 1.29 is 35.1 Å². The van der Waals surface area contributed by atoms with E-state index < -0.39 is 58.7 Å². The van der Waals surface area contributed by atoms with Crippen LogP contribution in [-0.4, -0.2) is 6.18 Å². The van der Waals surface area contributed by atoms with E-state index in [0.717, 1.165) is 6.08 Å². The minimum Gasteiger partial charge on any atom is -0.203 e. The fourth-order valence-electron chi connectivity index (χ4n) is 2.29. The van der Waals surface area contributed by atoms with Crippen LogP contribution in [0, 0.1) is 35.0 Å². The number of alkyl halides is 3. The van der Waals surface area contributed by atoms with Gasteiger partial charge in [-0.1, -0.05) is 22.0 Å². The average Bonchev–Trinajstić information content (AvgIpc) is 2.45. The maximum Gasteiger partial charge on any atom is 0.396 e. The van der Waals surface area contributed by atoms with Crippen LogP contribution in [0.1, 0.15) is 18.9 Å². The highest BCUT2D eigenvalue weighted by Crippen LogP contribution is 2.46. The third-order valence-electron chi connectivity index (χ3n) is 3.42. The van der Waals surface area contributed by atoms with Crippen molar-refractivity contribution in [2.45, 2.75) is 19.5 Å². The van der Waals surface area contributed by atoms with E-state index in [1.165, 1.54) is 6.92 Å². The number of allylic oxidation sites excluding steroid dienone is 4. The van der Waals surface area contributed by atoms with Gasteiger partial charge in [0.15, 0.2) is 23.3 Å². The van der Waals surface area contributed by atoms with Gasteiger partial charge in [-0.25, -0.2) is 22.0 Å². The van der Waals surface area contributed by atoms with Crippen molar-refractivity contribution in [1.82, 2.24) is 0 Å². The third-order valence-corrected chi connectivity index (χ3v) is 4.60. The predicted molar refractivity (Wildman–Crippen MR) is 70.0 cm³/mol. The first-order valence-electron chi connectivity index (χ1n) is 6.12. The number of rotatable bonds is 1. The van der Waals surface area contributed by atoms with Crippen LogP contribution >= 0.6 is 15.9 Å². The first-order chi connectivity index (χ1) is 10.5. The molecule has 1 unspecified atom stereocenters. The summed E-state index contributed by atoms with van der Waals surface area (Å²) in [5.74, 6) is -13.2. The SMILES string of the molecule is CC1=C(Br)C(C(F)(F)F)CC(c2c(F)c(F)c(F)c(F)c2F)=C1. The Morgan fingerprint density at radius 3 is 1.78 bits per heavy atom. The molecule has 9 heteroatoms.